The van der Waals surface area contributed by atoms with E-state index >= 15 is 0 Å². The molecule has 0 amide bonds. The zero-order valence-electron chi connectivity index (χ0n) is 8.93. The first kappa shape index (κ1) is 13.2. The van der Waals surface area contributed by atoms with E-state index in [0.29, 0.717) is 13.1 Å². The van der Waals surface area contributed by atoms with Crippen molar-refractivity contribution in [2.24, 2.45) is 5.92 Å². The monoisotopic (exact) mass is 236 g/mol. The number of likely N-dealkylation sites (tertiary alicyclic amines) is 1. The summed E-state index contributed by atoms with van der Waals surface area (Å²) in [5.74, 6) is 0.744. The van der Waals surface area contributed by atoms with E-state index in [9.17, 15) is 10.2 Å². The molecule has 2 aliphatic heterocycles. The van der Waals surface area contributed by atoms with Gasteiger partial charge in [0, 0.05) is 19.6 Å². The Morgan fingerprint density at radius 3 is 2.13 bits per heavy atom. The average molecular weight is 237 g/mol. The molecule has 0 aromatic carbocycles. The Labute approximate surface area is 97.1 Å². The summed E-state index contributed by atoms with van der Waals surface area (Å²) in [5.41, 5.74) is 0. The summed E-state index contributed by atoms with van der Waals surface area (Å²) in [6.07, 6.45) is 1.39. The highest BCUT2D eigenvalue weighted by Gasteiger charge is 2.30. The molecule has 0 aromatic heterocycles. The van der Waals surface area contributed by atoms with Crippen molar-refractivity contribution in [1.82, 2.24) is 10.2 Å². The Morgan fingerprint density at radius 1 is 1.07 bits per heavy atom. The molecule has 2 unspecified atom stereocenters. The topological polar surface area (TPSA) is 55.7 Å². The van der Waals surface area contributed by atoms with Gasteiger partial charge in [-0.1, -0.05) is 0 Å². The summed E-state index contributed by atoms with van der Waals surface area (Å²) in [4.78, 5) is 2.19. The van der Waals surface area contributed by atoms with E-state index in [0.717, 1.165) is 25.6 Å². The van der Waals surface area contributed by atoms with Crippen LogP contribution in [0.2, 0.25) is 0 Å². The zero-order valence-corrected chi connectivity index (χ0v) is 9.75. The molecule has 0 saturated carbocycles. The molecular formula is C10H21ClN2O2. The lowest BCUT2D eigenvalue weighted by molar-refractivity contribution is 0.0572. The number of rotatable bonds is 2. The Kier molecular flexibility index (Phi) is 5.29. The smallest absolute Gasteiger partial charge is 0.0938 e. The molecule has 2 atom stereocenters. The van der Waals surface area contributed by atoms with Crippen molar-refractivity contribution in [3.8, 4) is 0 Å². The summed E-state index contributed by atoms with van der Waals surface area (Å²) < 4.78 is 0. The molecule has 2 saturated heterocycles. The van der Waals surface area contributed by atoms with Crippen LogP contribution in [0.4, 0.5) is 0 Å². The predicted octanol–water partition coefficient (Wildman–Crippen LogP) is -0.555. The second kappa shape index (κ2) is 6.01. The van der Waals surface area contributed by atoms with Crippen molar-refractivity contribution < 1.29 is 10.2 Å². The minimum Gasteiger partial charge on any atom is -0.389 e. The summed E-state index contributed by atoms with van der Waals surface area (Å²) in [6, 6.07) is 0. The largest absolute Gasteiger partial charge is 0.389 e. The Morgan fingerprint density at radius 2 is 1.60 bits per heavy atom. The van der Waals surface area contributed by atoms with Crippen LogP contribution in [0.3, 0.4) is 0 Å². The van der Waals surface area contributed by atoms with Gasteiger partial charge in [0.15, 0.2) is 0 Å². The van der Waals surface area contributed by atoms with E-state index in [4.69, 9.17) is 0 Å². The van der Waals surface area contributed by atoms with Gasteiger partial charge in [0.25, 0.3) is 0 Å². The van der Waals surface area contributed by atoms with Crippen LogP contribution in [-0.2, 0) is 0 Å². The van der Waals surface area contributed by atoms with Crippen LogP contribution in [0, 0.1) is 5.92 Å². The van der Waals surface area contributed by atoms with E-state index in [1.165, 1.54) is 12.8 Å². The number of β-amino-alcohol motifs (C(OH)–C–C–N with tert-alkyl or cyclic N) is 2. The highest BCUT2D eigenvalue weighted by molar-refractivity contribution is 5.85. The van der Waals surface area contributed by atoms with Gasteiger partial charge in [-0.15, -0.1) is 12.4 Å². The van der Waals surface area contributed by atoms with Gasteiger partial charge < -0.3 is 15.5 Å². The van der Waals surface area contributed by atoms with E-state index in [1.807, 2.05) is 0 Å². The number of nitrogens with one attached hydrogen (secondary N) is 1. The normalized spacial score (nSPS) is 34.0. The minimum atomic E-state index is -0.531. The quantitative estimate of drug-likeness (QED) is 0.602. The summed E-state index contributed by atoms with van der Waals surface area (Å²) >= 11 is 0. The molecule has 0 aliphatic carbocycles. The fraction of sp³-hybridized carbons (Fsp3) is 1.00. The molecule has 2 heterocycles. The lowest BCUT2D eigenvalue weighted by atomic mass is 9.98. The van der Waals surface area contributed by atoms with Crippen LogP contribution in [0.25, 0.3) is 0 Å². The molecule has 0 aromatic rings. The number of aliphatic hydroxyl groups excluding tert-OH is 2. The van der Waals surface area contributed by atoms with E-state index < -0.39 is 12.2 Å². The summed E-state index contributed by atoms with van der Waals surface area (Å²) in [5, 5.41) is 22.1. The molecule has 0 spiro atoms. The number of nitrogens with zero attached hydrogens (tertiary/aromatic N) is 1. The van der Waals surface area contributed by atoms with Crippen molar-refractivity contribution in [2.75, 3.05) is 32.7 Å². The molecule has 2 rings (SSSR count). The molecule has 90 valence electrons. The molecule has 3 N–H and O–H groups in total. The van der Waals surface area contributed by atoms with Gasteiger partial charge >= 0.3 is 0 Å². The van der Waals surface area contributed by atoms with Crippen LogP contribution in [-0.4, -0.2) is 60.0 Å². The maximum atomic E-state index is 9.39. The van der Waals surface area contributed by atoms with Gasteiger partial charge in [-0.05, 0) is 31.8 Å². The number of halogens is 1. The first-order valence-electron chi connectivity index (χ1n) is 5.55. The van der Waals surface area contributed by atoms with Crippen molar-refractivity contribution in [1.29, 1.82) is 0 Å². The molecule has 5 heteroatoms. The molecule has 0 radical (unpaired) electrons. The van der Waals surface area contributed by atoms with Crippen molar-refractivity contribution >= 4 is 12.4 Å². The zero-order chi connectivity index (χ0) is 9.97. The standard InChI is InChI=1S/C10H20N2O2.ClH/c13-9-6-12(7-10(9)14)5-8-1-3-11-4-2-8;/h8-11,13-14H,1-7H2;1H. The molecule has 4 nitrogen and oxygen atoms in total. The van der Waals surface area contributed by atoms with Crippen LogP contribution in [0.15, 0.2) is 0 Å². The van der Waals surface area contributed by atoms with Crippen molar-refractivity contribution in [3.63, 3.8) is 0 Å². The predicted molar refractivity (Wildman–Crippen MR) is 61.3 cm³/mol. The first-order chi connectivity index (χ1) is 6.75. The van der Waals surface area contributed by atoms with Crippen LogP contribution >= 0.6 is 12.4 Å². The summed E-state index contributed by atoms with van der Waals surface area (Å²) in [6.45, 7) is 4.55. The highest BCUT2D eigenvalue weighted by Crippen LogP contribution is 2.17. The SMILES string of the molecule is Cl.OC1CN(CC2CCNCC2)CC1O. The summed E-state index contributed by atoms with van der Waals surface area (Å²) in [7, 11) is 0. The minimum absolute atomic E-state index is 0. The second-order valence-electron chi connectivity index (χ2n) is 4.55. The highest BCUT2D eigenvalue weighted by atomic mass is 35.5. The number of piperidine rings is 1. The van der Waals surface area contributed by atoms with Gasteiger partial charge in [-0.2, -0.15) is 0 Å². The second-order valence-corrected chi connectivity index (χ2v) is 4.55. The van der Waals surface area contributed by atoms with E-state index in [1.54, 1.807) is 0 Å². The number of aliphatic hydroxyl groups is 2. The third kappa shape index (κ3) is 3.57. The Balaban J connectivity index is 0.00000112. The van der Waals surface area contributed by atoms with Crippen LogP contribution < -0.4 is 5.32 Å². The molecule has 0 bridgehead atoms. The average Bonchev–Trinajstić information content (AvgIpc) is 2.47. The lowest BCUT2D eigenvalue weighted by Crippen LogP contribution is -2.35. The number of hydrogen-bond donors (Lipinski definition) is 3. The van der Waals surface area contributed by atoms with Gasteiger partial charge in [0.1, 0.15) is 0 Å². The fourth-order valence-corrected chi connectivity index (χ4v) is 2.43. The fourth-order valence-electron chi connectivity index (χ4n) is 2.43. The van der Waals surface area contributed by atoms with Crippen LogP contribution in [0.5, 0.6) is 0 Å². The maximum Gasteiger partial charge on any atom is 0.0938 e. The molecule has 2 aliphatic rings. The first-order valence-corrected chi connectivity index (χ1v) is 5.55. The van der Waals surface area contributed by atoms with Crippen LogP contribution in [0.1, 0.15) is 12.8 Å². The molecule has 15 heavy (non-hydrogen) atoms. The third-order valence-corrected chi connectivity index (χ3v) is 3.31. The maximum absolute atomic E-state index is 9.39. The number of hydrogen-bond acceptors (Lipinski definition) is 4. The Bertz CT molecular complexity index is 178. The van der Waals surface area contributed by atoms with E-state index in [-0.39, 0.29) is 12.4 Å². The van der Waals surface area contributed by atoms with E-state index in [2.05, 4.69) is 10.2 Å². The van der Waals surface area contributed by atoms with Gasteiger partial charge in [0.05, 0.1) is 12.2 Å². The van der Waals surface area contributed by atoms with Gasteiger partial charge in [-0.25, -0.2) is 0 Å². The van der Waals surface area contributed by atoms with Crippen molar-refractivity contribution in [2.45, 2.75) is 25.0 Å². The van der Waals surface area contributed by atoms with Gasteiger partial charge in [-0.3, -0.25) is 4.90 Å². The van der Waals surface area contributed by atoms with Crippen molar-refractivity contribution in [3.05, 3.63) is 0 Å². The van der Waals surface area contributed by atoms with Gasteiger partial charge in [0.2, 0.25) is 0 Å². The molecular weight excluding hydrogens is 216 g/mol. The third-order valence-electron chi connectivity index (χ3n) is 3.31. The molecule has 2 fully saturated rings. The Hall–Kier alpha value is 0.130. The lowest BCUT2D eigenvalue weighted by Gasteiger charge is -2.27.